The van der Waals surface area contributed by atoms with Gasteiger partial charge in [0.2, 0.25) is 0 Å². The van der Waals surface area contributed by atoms with Gasteiger partial charge in [-0.3, -0.25) is 0 Å². The lowest BCUT2D eigenvalue weighted by Crippen LogP contribution is -2.13. The van der Waals surface area contributed by atoms with Gasteiger partial charge in [-0.2, -0.15) is 0 Å². The Morgan fingerprint density at radius 1 is 1.44 bits per heavy atom. The van der Waals surface area contributed by atoms with E-state index in [2.05, 4.69) is 32.6 Å². The molecule has 1 aromatic carbocycles. The van der Waals surface area contributed by atoms with Crippen LogP contribution in [0.3, 0.4) is 0 Å². The normalized spacial score (nSPS) is 16.7. The van der Waals surface area contributed by atoms with Crippen LogP contribution in [-0.4, -0.2) is 12.7 Å². The first-order valence-electron chi connectivity index (χ1n) is 6.27. The predicted octanol–water partition coefficient (Wildman–Crippen LogP) is 3.91. The van der Waals surface area contributed by atoms with Crippen molar-refractivity contribution in [2.45, 2.75) is 33.3 Å². The maximum Gasteiger partial charge on any atom is 0.123 e. The van der Waals surface area contributed by atoms with E-state index < -0.39 is 0 Å². The van der Waals surface area contributed by atoms with Gasteiger partial charge >= 0.3 is 0 Å². The zero-order chi connectivity index (χ0) is 13.1. The molecule has 0 radical (unpaired) electrons. The fraction of sp³-hybridized carbons (Fsp3) is 0.375. The smallest absolute Gasteiger partial charge is 0.123 e. The van der Waals surface area contributed by atoms with Gasteiger partial charge in [0, 0.05) is 12.0 Å². The van der Waals surface area contributed by atoms with Crippen LogP contribution >= 0.6 is 0 Å². The summed E-state index contributed by atoms with van der Waals surface area (Å²) in [6.07, 6.45) is 3.08. The van der Waals surface area contributed by atoms with Crippen LogP contribution in [0, 0.1) is 0 Å². The van der Waals surface area contributed by atoms with Crippen LogP contribution < -0.4 is 9.47 Å². The summed E-state index contributed by atoms with van der Waals surface area (Å²) >= 11 is 0. The highest BCUT2D eigenvalue weighted by Gasteiger charge is 2.23. The highest BCUT2D eigenvalue weighted by molar-refractivity contribution is 5.44. The molecule has 1 atom stereocenters. The largest absolute Gasteiger partial charge is 0.490 e. The molecular weight excluding hydrogens is 224 g/mol. The lowest BCUT2D eigenvalue weighted by molar-refractivity contribution is 0.271. The Balaban J connectivity index is 2.04. The average Bonchev–Trinajstić information content (AvgIpc) is 2.71. The van der Waals surface area contributed by atoms with Gasteiger partial charge in [-0.25, -0.2) is 0 Å². The molecule has 1 unspecified atom stereocenters. The molecule has 0 aromatic heterocycles. The summed E-state index contributed by atoms with van der Waals surface area (Å²) in [6.45, 7) is 10.7. The highest BCUT2D eigenvalue weighted by Crippen LogP contribution is 2.33. The van der Waals surface area contributed by atoms with Gasteiger partial charge in [-0.1, -0.05) is 12.2 Å². The maximum atomic E-state index is 5.80. The summed E-state index contributed by atoms with van der Waals surface area (Å²) < 4.78 is 11.5. The summed E-state index contributed by atoms with van der Waals surface area (Å²) in [4.78, 5) is 0. The van der Waals surface area contributed by atoms with E-state index in [1.807, 2.05) is 19.1 Å². The predicted molar refractivity (Wildman–Crippen MR) is 74.3 cm³/mol. The van der Waals surface area contributed by atoms with E-state index >= 15 is 0 Å². The van der Waals surface area contributed by atoms with Gasteiger partial charge in [0.15, 0.2) is 0 Å². The molecule has 0 aliphatic carbocycles. The second-order valence-corrected chi connectivity index (χ2v) is 5.02. The number of rotatable bonds is 4. The lowest BCUT2D eigenvalue weighted by atomic mass is 10.1. The Labute approximate surface area is 109 Å². The van der Waals surface area contributed by atoms with E-state index in [1.165, 1.54) is 11.1 Å². The Morgan fingerprint density at radius 3 is 2.89 bits per heavy atom. The van der Waals surface area contributed by atoms with Gasteiger partial charge < -0.3 is 9.47 Å². The fourth-order valence-electron chi connectivity index (χ4n) is 1.89. The first-order chi connectivity index (χ1) is 8.56. The van der Waals surface area contributed by atoms with E-state index in [0.29, 0.717) is 6.61 Å². The topological polar surface area (TPSA) is 18.5 Å². The van der Waals surface area contributed by atoms with E-state index in [0.717, 1.165) is 23.5 Å². The van der Waals surface area contributed by atoms with Crippen molar-refractivity contribution < 1.29 is 9.47 Å². The molecule has 0 amide bonds. The Kier molecular flexibility index (Phi) is 3.75. The van der Waals surface area contributed by atoms with Crippen molar-refractivity contribution in [2.75, 3.05) is 6.61 Å². The van der Waals surface area contributed by atoms with Crippen molar-refractivity contribution in [2.24, 2.45) is 0 Å². The Bertz CT molecular complexity index is 482. The molecule has 1 aromatic rings. The molecular formula is C16H20O2. The molecule has 0 N–H and O–H groups in total. The zero-order valence-corrected chi connectivity index (χ0v) is 11.3. The fourth-order valence-corrected chi connectivity index (χ4v) is 1.89. The molecule has 96 valence electrons. The van der Waals surface area contributed by atoms with E-state index in [9.17, 15) is 0 Å². The summed E-state index contributed by atoms with van der Waals surface area (Å²) in [5, 5.41) is 0. The van der Waals surface area contributed by atoms with Crippen LogP contribution in [0.5, 0.6) is 11.5 Å². The van der Waals surface area contributed by atoms with Gasteiger partial charge in [0.25, 0.3) is 0 Å². The highest BCUT2D eigenvalue weighted by atomic mass is 16.5. The number of allylic oxidation sites excluding steroid dienone is 1. The van der Waals surface area contributed by atoms with Gasteiger partial charge in [-0.05, 0) is 50.6 Å². The van der Waals surface area contributed by atoms with Crippen LogP contribution in [0.2, 0.25) is 0 Å². The maximum absolute atomic E-state index is 5.80. The van der Waals surface area contributed by atoms with Crippen LogP contribution in [-0.2, 0) is 6.42 Å². The molecule has 2 rings (SSSR count). The van der Waals surface area contributed by atoms with Crippen molar-refractivity contribution in [1.29, 1.82) is 0 Å². The van der Waals surface area contributed by atoms with E-state index in [4.69, 9.17) is 9.47 Å². The monoisotopic (exact) mass is 244 g/mol. The first kappa shape index (κ1) is 12.7. The number of hydrogen-bond donors (Lipinski definition) is 0. The van der Waals surface area contributed by atoms with Crippen LogP contribution in [0.1, 0.15) is 26.3 Å². The second kappa shape index (κ2) is 5.30. The van der Waals surface area contributed by atoms with Crippen LogP contribution in [0.4, 0.5) is 0 Å². The zero-order valence-electron chi connectivity index (χ0n) is 11.3. The first-order valence-corrected chi connectivity index (χ1v) is 6.27. The number of benzene rings is 1. The van der Waals surface area contributed by atoms with Crippen LogP contribution in [0.15, 0.2) is 42.0 Å². The standard InChI is InChI=1S/C16H20O2/c1-11(2)7-8-17-14-5-6-15-13(9-14)10-16(18-15)12(3)4/h5-7,9,16H,3,8,10H2,1-2,4H3. The number of ether oxygens (including phenoxy) is 2. The van der Waals surface area contributed by atoms with Gasteiger partial charge in [0.1, 0.15) is 24.2 Å². The van der Waals surface area contributed by atoms with Crippen molar-refractivity contribution >= 4 is 0 Å². The molecule has 1 aliphatic heterocycles. The van der Waals surface area contributed by atoms with Crippen molar-refractivity contribution in [3.63, 3.8) is 0 Å². The molecule has 0 spiro atoms. The molecule has 1 aliphatic rings. The second-order valence-electron chi connectivity index (χ2n) is 5.02. The average molecular weight is 244 g/mol. The molecule has 18 heavy (non-hydrogen) atoms. The van der Waals surface area contributed by atoms with Crippen molar-refractivity contribution in [1.82, 2.24) is 0 Å². The molecule has 0 saturated carbocycles. The quantitative estimate of drug-likeness (QED) is 0.748. The van der Waals surface area contributed by atoms with Crippen LogP contribution in [0.25, 0.3) is 0 Å². The molecule has 0 fully saturated rings. The lowest BCUT2D eigenvalue weighted by Gasteiger charge is -2.08. The third-order valence-corrected chi connectivity index (χ3v) is 3.00. The summed E-state index contributed by atoms with van der Waals surface area (Å²) in [5.74, 6) is 1.86. The molecule has 2 nitrogen and oxygen atoms in total. The number of fused-ring (bicyclic) bond motifs is 1. The Morgan fingerprint density at radius 2 is 2.22 bits per heavy atom. The van der Waals surface area contributed by atoms with Crippen molar-refractivity contribution in [3.05, 3.63) is 47.6 Å². The Hall–Kier alpha value is -1.70. The minimum Gasteiger partial charge on any atom is -0.490 e. The molecule has 1 heterocycles. The minimum atomic E-state index is 0.119. The van der Waals surface area contributed by atoms with Crippen molar-refractivity contribution in [3.8, 4) is 11.5 Å². The minimum absolute atomic E-state index is 0.119. The van der Waals surface area contributed by atoms with Gasteiger partial charge in [0.05, 0.1) is 0 Å². The summed E-state index contributed by atoms with van der Waals surface area (Å²) in [6, 6.07) is 6.01. The van der Waals surface area contributed by atoms with E-state index in [1.54, 1.807) is 0 Å². The summed E-state index contributed by atoms with van der Waals surface area (Å²) in [7, 11) is 0. The molecule has 0 bridgehead atoms. The third kappa shape index (κ3) is 2.95. The summed E-state index contributed by atoms with van der Waals surface area (Å²) in [5.41, 5.74) is 3.54. The number of hydrogen-bond acceptors (Lipinski definition) is 2. The molecule has 2 heteroatoms. The molecule has 0 saturated heterocycles. The SMILES string of the molecule is C=C(C)C1Cc2cc(OCC=C(C)C)ccc2O1. The van der Waals surface area contributed by atoms with Gasteiger partial charge in [-0.15, -0.1) is 0 Å². The van der Waals surface area contributed by atoms with E-state index in [-0.39, 0.29) is 6.10 Å². The third-order valence-electron chi connectivity index (χ3n) is 3.00.